The number of ether oxygens (including phenoxy) is 1. The molecule has 1 fully saturated rings. The van der Waals surface area contributed by atoms with E-state index in [0.717, 1.165) is 42.7 Å². The molecule has 2 aromatic heterocycles. The molecule has 0 amide bonds. The van der Waals surface area contributed by atoms with E-state index in [2.05, 4.69) is 42.7 Å². The van der Waals surface area contributed by atoms with E-state index < -0.39 is 5.97 Å². The van der Waals surface area contributed by atoms with Gasteiger partial charge in [-0.3, -0.25) is 0 Å². The van der Waals surface area contributed by atoms with Crippen molar-refractivity contribution in [1.29, 1.82) is 0 Å². The highest BCUT2D eigenvalue weighted by atomic mass is 19.1. The first-order valence-electron chi connectivity index (χ1n) is 11.0. The van der Waals surface area contributed by atoms with Crippen LogP contribution in [0.2, 0.25) is 0 Å². The van der Waals surface area contributed by atoms with Crippen molar-refractivity contribution in [2.24, 2.45) is 0 Å². The zero-order valence-electron chi connectivity index (χ0n) is 19.3. The van der Waals surface area contributed by atoms with Crippen molar-refractivity contribution >= 4 is 22.7 Å². The van der Waals surface area contributed by atoms with Crippen LogP contribution in [-0.2, 0) is 4.74 Å². The fourth-order valence-electron chi connectivity index (χ4n) is 4.37. The minimum absolute atomic E-state index is 0.142. The third-order valence-electron chi connectivity index (χ3n) is 6.19. The second-order valence-corrected chi connectivity index (χ2v) is 8.83. The van der Waals surface area contributed by atoms with Gasteiger partial charge in [0.05, 0.1) is 29.6 Å². The summed E-state index contributed by atoms with van der Waals surface area (Å²) in [6.07, 6.45) is 2.07. The summed E-state index contributed by atoms with van der Waals surface area (Å²) in [5.41, 5.74) is 3.36. The van der Waals surface area contributed by atoms with Crippen LogP contribution in [-0.4, -0.2) is 66.0 Å². The summed E-state index contributed by atoms with van der Waals surface area (Å²) < 4.78 is 20.2. The average Bonchev–Trinajstić information content (AvgIpc) is 3.18. The average molecular weight is 440 g/mol. The third-order valence-corrected chi connectivity index (χ3v) is 6.19. The fourth-order valence-corrected chi connectivity index (χ4v) is 4.37. The van der Waals surface area contributed by atoms with Crippen LogP contribution >= 0.6 is 0 Å². The van der Waals surface area contributed by atoms with Gasteiger partial charge >= 0.3 is 5.97 Å². The molecule has 1 aliphatic rings. The number of nitrogens with zero attached hydrogens (tertiary/aromatic N) is 5. The van der Waals surface area contributed by atoms with Gasteiger partial charge in [-0.1, -0.05) is 13.8 Å². The van der Waals surface area contributed by atoms with Gasteiger partial charge in [0.1, 0.15) is 5.82 Å². The Morgan fingerprint density at radius 1 is 1.19 bits per heavy atom. The van der Waals surface area contributed by atoms with E-state index in [1.807, 2.05) is 6.07 Å². The predicted octanol–water partition coefficient (Wildman–Crippen LogP) is 4.00. The standard InChI is InChI=1S/C24H30FN5O2/c1-15(2)22-21-20(29-12-10-17(11-13-29)28(3)4)14-19(24(31)32-5)26-23(21)30(27-22)18-8-6-16(25)7-9-18/h6-9,14-15,17H,10-13H2,1-5H3. The number of hydrogen-bond acceptors (Lipinski definition) is 6. The molecule has 3 heterocycles. The maximum atomic E-state index is 13.5. The number of anilines is 1. The van der Waals surface area contributed by atoms with Gasteiger partial charge in [-0.2, -0.15) is 5.10 Å². The van der Waals surface area contributed by atoms with E-state index in [-0.39, 0.29) is 17.4 Å². The summed E-state index contributed by atoms with van der Waals surface area (Å²) in [5.74, 6) is -0.667. The predicted molar refractivity (Wildman–Crippen MR) is 123 cm³/mol. The highest BCUT2D eigenvalue weighted by Crippen LogP contribution is 2.36. The SMILES string of the molecule is COC(=O)c1cc(N2CCC(N(C)C)CC2)c2c(C(C)C)nn(-c3ccc(F)cc3)c2n1. The number of methoxy groups -OCH3 is 1. The molecule has 1 aliphatic heterocycles. The Morgan fingerprint density at radius 2 is 1.84 bits per heavy atom. The van der Waals surface area contributed by atoms with Gasteiger partial charge in [-0.25, -0.2) is 18.9 Å². The minimum atomic E-state index is -0.491. The molecule has 0 aliphatic carbocycles. The minimum Gasteiger partial charge on any atom is -0.464 e. The molecule has 8 heteroatoms. The quantitative estimate of drug-likeness (QED) is 0.560. The van der Waals surface area contributed by atoms with Crippen LogP contribution in [0, 0.1) is 5.82 Å². The van der Waals surface area contributed by atoms with Gasteiger partial charge in [0.2, 0.25) is 0 Å². The lowest BCUT2D eigenvalue weighted by Crippen LogP contribution is -2.42. The molecule has 1 saturated heterocycles. The summed E-state index contributed by atoms with van der Waals surface area (Å²) in [4.78, 5) is 21.7. The number of esters is 1. The van der Waals surface area contributed by atoms with Gasteiger partial charge < -0.3 is 14.5 Å². The molecule has 0 bridgehead atoms. The number of aromatic nitrogens is 3. The Bertz CT molecular complexity index is 1120. The number of carbonyl (C=O) groups is 1. The van der Waals surface area contributed by atoms with Crippen LogP contribution in [0.1, 0.15) is 48.8 Å². The molecule has 0 atom stereocenters. The Kier molecular flexibility index (Phi) is 6.15. The first-order valence-corrected chi connectivity index (χ1v) is 11.0. The molecule has 0 unspecified atom stereocenters. The molecular weight excluding hydrogens is 409 g/mol. The van der Waals surface area contributed by atoms with Crippen LogP contribution in [0.15, 0.2) is 30.3 Å². The van der Waals surface area contributed by atoms with E-state index in [1.54, 1.807) is 16.8 Å². The Labute approximate surface area is 187 Å². The van der Waals surface area contributed by atoms with Gasteiger partial charge in [-0.15, -0.1) is 0 Å². The van der Waals surface area contributed by atoms with Crippen molar-refractivity contribution < 1.29 is 13.9 Å². The molecule has 0 radical (unpaired) electrons. The van der Waals surface area contributed by atoms with Crippen molar-refractivity contribution in [1.82, 2.24) is 19.7 Å². The zero-order valence-corrected chi connectivity index (χ0v) is 19.3. The molecule has 0 saturated carbocycles. The second kappa shape index (κ2) is 8.86. The van der Waals surface area contributed by atoms with Gasteiger partial charge in [0.15, 0.2) is 11.3 Å². The number of pyridine rings is 1. The lowest BCUT2D eigenvalue weighted by atomic mass is 10.0. The Hall–Kier alpha value is -3.00. The number of rotatable bonds is 5. The van der Waals surface area contributed by atoms with Crippen LogP contribution < -0.4 is 4.90 Å². The molecule has 0 N–H and O–H groups in total. The molecule has 170 valence electrons. The molecular formula is C24H30FN5O2. The van der Waals surface area contributed by atoms with Crippen LogP contribution in [0.5, 0.6) is 0 Å². The van der Waals surface area contributed by atoms with E-state index in [1.165, 1.54) is 19.2 Å². The van der Waals surface area contributed by atoms with Crippen molar-refractivity contribution in [3.8, 4) is 5.69 Å². The summed E-state index contributed by atoms with van der Waals surface area (Å²) in [6, 6.07) is 8.49. The topological polar surface area (TPSA) is 63.5 Å². The maximum Gasteiger partial charge on any atom is 0.356 e. The number of benzene rings is 1. The van der Waals surface area contributed by atoms with Crippen LogP contribution in [0.3, 0.4) is 0 Å². The smallest absolute Gasteiger partial charge is 0.356 e. The monoisotopic (exact) mass is 439 g/mol. The Morgan fingerprint density at radius 3 is 2.41 bits per heavy atom. The fraction of sp³-hybridized carbons (Fsp3) is 0.458. The number of halogens is 1. The lowest BCUT2D eigenvalue weighted by molar-refractivity contribution is 0.0594. The molecule has 0 spiro atoms. The first kappa shape index (κ1) is 22.2. The number of hydrogen-bond donors (Lipinski definition) is 0. The van der Waals surface area contributed by atoms with Crippen LogP contribution in [0.4, 0.5) is 10.1 Å². The van der Waals surface area contributed by atoms with Crippen molar-refractivity contribution in [2.45, 2.75) is 38.6 Å². The summed E-state index contributed by atoms with van der Waals surface area (Å²) in [7, 11) is 5.58. The number of piperidine rings is 1. The summed E-state index contributed by atoms with van der Waals surface area (Å²) in [6.45, 7) is 5.93. The number of fused-ring (bicyclic) bond motifs is 1. The molecule has 3 aromatic rings. The van der Waals surface area contributed by atoms with E-state index in [0.29, 0.717) is 17.4 Å². The largest absolute Gasteiger partial charge is 0.464 e. The normalized spacial score (nSPS) is 15.2. The zero-order chi connectivity index (χ0) is 23.0. The van der Waals surface area contributed by atoms with E-state index in [4.69, 9.17) is 9.84 Å². The molecule has 32 heavy (non-hydrogen) atoms. The van der Waals surface area contributed by atoms with Gasteiger partial charge in [-0.05, 0) is 63.2 Å². The second-order valence-electron chi connectivity index (χ2n) is 8.83. The molecule has 4 rings (SSSR count). The van der Waals surface area contributed by atoms with Crippen molar-refractivity contribution in [2.75, 3.05) is 39.2 Å². The first-order chi connectivity index (χ1) is 15.3. The van der Waals surface area contributed by atoms with Gasteiger partial charge in [0.25, 0.3) is 0 Å². The highest BCUT2D eigenvalue weighted by Gasteiger charge is 2.28. The lowest BCUT2D eigenvalue weighted by Gasteiger charge is -2.37. The molecule has 1 aromatic carbocycles. The molecule has 7 nitrogen and oxygen atoms in total. The van der Waals surface area contributed by atoms with Gasteiger partial charge in [0, 0.05) is 19.1 Å². The van der Waals surface area contributed by atoms with Crippen molar-refractivity contribution in [3.63, 3.8) is 0 Å². The van der Waals surface area contributed by atoms with Crippen LogP contribution in [0.25, 0.3) is 16.7 Å². The summed E-state index contributed by atoms with van der Waals surface area (Å²) >= 11 is 0. The highest BCUT2D eigenvalue weighted by molar-refractivity contribution is 5.99. The third kappa shape index (κ3) is 4.07. The van der Waals surface area contributed by atoms with E-state index >= 15 is 0 Å². The number of carbonyl (C=O) groups excluding carboxylic acids is 1. The van der Waals surface area contributed by atoms with Crippen molar-refractivity contribution in [3.05, 3.63) is 47.5 Å². The Balaban J connectivity index is 1.92. The maximum absolute atomic E-state index is 13.5. The summed E-state index contributed by atoms with van der Waals surface area (Å²) in [5, 5.41) is 5.79. The van der Waals surface area contributed by atoms with E-state index in [9.17, 15) is 9.18 Å².